The van der Waals surface area contributed by atoms with Crippen LogP contribution in [0, 0.1) is 19.7 Å². The average molecular weight is 339 g/mol. The summed E-state index contributed by atoms with van der Waals surface area (Å²) in [4.78, 5) is 0. The Morgan fingerprint density at radius 1 is 1.20 bits per heavy atom. The monoisotopic (exact) mass is 338 g/mol. The van der Waals surface area contributed by atoms with Gasteiger partial charge >= 0.3 is 0 Å². The van der Waals surface area contributed by atoms with Crippen LogP contribution in [-0.4, -0.2) is 12.2 Å². The van der Waals surface area contributed by atoms with Crippen molar-refractivity contribution in [3.8, 4) is 5.75 Å². The van der Waals surface area contributed by atoms with Crippen molar-refractivity contribution in [1.29, 1.82) is 0 Å². The fraction of sp³-hybridized carbons (Fsp3) is 0.250. The molecule has 1 N–H and O–H groups in total. The maximum Gasteiger partial charge on any atom is 0.133 e. The van der Waals surface area contributed by atoms with Crippen LogP contribution >= 0.6 is 15.9 Å². The van der Waals surface area contributed by atoms with Gasteiger partial charge in [-0.2, -0.15) is 0 Å². The van der Waals surface area contributed by atoms with E-state index in [9.17, 15) is 9.50 Å². The van der Waals surface area contributed by atoms with Gasteiger partial charge in [-0.1, -0.05) is 12.1 Å². The number of ether oxygens (including phenoxy) is 1. The van der Waals surface area contributed by atoms with Gasteiger partial charge in [0.2, 0.25) is 0 Å². The number of halogens is 2. The van der Waals surface area contributed by atoms with E-state index in [1.54, 1.807) is 32.2 Å². The summed E-state index contributed by atoms with van der Waals surface area (Å²) in [6.07, 6.45) is -1.00. The molecule has 0 aromatic heterocycles. The van der Waals surface area contributed by atoms with Crippen molar-refractivity contribution in [2.24, 2.45) is 0 Å². The third-order valence-corrected chi connectivity index (χ3v) is 3.87. The Bertz CT molecular complexity index is 617. The van der Waals surface area contributed by atoms with Crippen molar-refractivity contribution in [2.45, 2.75) is 20.0 Å². The van der Waals surface area contributed by atoms with Crippen molar-refractivity contribution >= 4 is 15.9 Å². The van der Waals surface area contributed by atoms with E-state index >= 15 is 0 Å². The SMILES string of the molecule is COc1ccc(C(O)c2c(C)cc(C)cc2F)cc1Br. The molecule has 0 saturated carbocycles. The molecule has 20 heavy (non-hydrogen) atoms. The van der Waals surface area contributed by atoms with E-state index in [0.717, 1.165) is 15.6 Å². The Kier molecular flexibility index (Phi) is 4.45. The molecule has 0 aliphatic rings. The van der Waals surface area contributed by atoms with E-state index in [2.05, 4.69) is 15.9 Å². The summed E-state index contributed by atoms with van der Waals surface area (Å²) >= 11 is 3.37. The van der Waals surface area contributed by atoms with Gasteiger partial charge < -0.3 is 9.84 Å². The van der Waals surface area contributed by atoms with Crippen molar-refractivity contribution in [1.82, 2.24) is 0 Å². The van der Waals surface area contributed by atoms with E-state index in [4.69, 9.17) is 4.74 Å². The molecule has 0 fully saturated rings. The van der Waals surface area contributed by atoms with E-state index < -0.39 is 6.10 Å². The summed E-state index contributed by atoms with van der Waals surface area (Å²) in [5, 5.41) is 10.4. The molecule has 1 atom stereocenters. The lowest BCUT2D eigenvalue weighted by Gasteiger charge is -2.17. The van der Waals surface area contributed by atoms with E-state index in [0.29, 0.717) is 16.9 Å². The highest BCUT2D eigenvalue weighted by molar-refractivity contribution is 9.10. The van der Waals surface area contributed by atoms with Crippen LogP contribution < -0.4 is 4.74 Å². The summed E-state index contributed by atoms with van der Waals surface area (Å²) in [7, 11) is 1.57. The zero-order valence-electron chi connectivity index (χ0n) is 11.6. The van der Waals surface area contributed by atoms with Crippen LogP contribution in [0.1, 0.15) is 28.4 Å². The highest BCUT2D eigenvalue weighted by Crippen LogP contribution is 2.33. The van der Waals surface area contributed by atoms with Gasteiger partial charge in [0, 0.05) is 5.56 Å². The smallest absolute Gasteiger partial charge is 0.133 e. The number of aliphatic hydroxyl groups excluding tert-OH is 1. The van der Waals surface area contributed by atoms with Crippen LogP contribution in [0.5, 0.6) is 5.75 Å². The zero-order valence-corrected chi connectivity index (χ0v) is 13.2. The molecular formula is C16H16BrFO2. The Labute approximate surface area is 126 Å². The predicted molar refractivity (Wildman–Crippen MR) is 80.6 cm³/mol. The molecule has 2 aromatic carbocycles. The standard InChI is InChI=1S/C16H16BrFO2/c1-9-6-10(2)15(13(18)7-9)16(19)11-4-5-14(20-3)12(17)8-11/h4-8,16,19H,1-3H3. The van der Waals surface area contributed by atoms with Crippen molar-refractivity contribution in [2.75, 3.05) is 7.11 Å². The molecule has 2 nitrogen and oxygen atoms in total. The van der Waals surface area contributed by atoms with Crippen molar-refractivity contribution < 1.29 is 14.2 Å². The minimum atomic E-state index is -1.00. The second-order valence-corrected chi connectivity index (χ2v) is 5.63. The fourth-order valence-corrected chi connectivity index (χ4v) is 2.85. The van der Waals surface area contributed by atoms with E-state index in [-0.39, 0.29) is 5.82 Å². The first-order valence-corrected chi connectivity index (χ1v) is 7.01. The molecule has 2 rings (SSSR count). The van der Waals surface area contributed by atoms with Gasteiger partial charge in [0.1, 0.15) is 17.7 Å². The molecule has 0 saturated heterocycles. The number of aliphatic hydroxyl groups is 1. The highest BCUT2D eigenvalue weighted by atomic mass is 79.9. The molecule has 0 aliphatic heterocycles. The van der Waals surface area contributed by atoms with Crippen LogP contribution in [0.25, 0.3) is 0 Å². The minimum absolute atomic E-state index is 0.313. The molecule has 0 radical (unpaired) electrons. The van der Waals surface area contributed by atoms with Gasteiger partial charge in [-0.05, 0) is 64.7 Å². The molecule has 106 valence electrons. The van der Waals surface area contributed by atoms with Crippen LogP contribution in [0.15, 0.2) is 34.8 Å². The lowest BCUT2D eigenvalue weighted by molar-refractivity contribution is 0.214. The van der Waals surface area contributed by atoms with Crippen molar-refractivity contribution in [3.05, 3.63) is 62.9 Å². The molecule has 0 amide bonds. The van der Waals surface area contributed by atoms with Crippen LogP contribution in [0.2, 0.25) is 0 Å². The topological polar surface area (TPSA) is 29.5 Å². The van der Waals surface area contributed by atoms with Gasteiger partial charge in [0.05, 0.1) is 11.6 Å². The summed E-state index contributed by atoms with van der Waals surface area (Å²) in [6, 6.07) is 8.50. The summed E-state index contributed by atoms with van der Waals surface area (Å²) in [6.45, 7) is 3.63. The van der Waals surface area contributed by atoms with Crippen LogP contribution in [-0.2, 0) is 0 Å². The number of aryl methyl sites for hydroxylation is 2. The molecule has 0 heterocycles. The number of hydrogen-bond donors (Lipinski definition) is 1. The maximum atomic E-state index is 14.1. The highest BCUT2D eigenvalue weighted by Gasteiger charge is 2.19. The summed E-state index contributed by atoms with van der Waals surface area (Å²) in [5.41, 5.74) is 2.50. The first-order chi connectivity index (χ1) is 9.43. The Balaban J connectivity index is 2.46. The molecule has 2 aromatic rings. The third-order valence-electron chi connectivity index (χ3n) is 3.25. The Hall–Kier alpha value is -1.39. The quantitative estimate of drug-likeness (QED) is 0.904. The molecule has 4 heteroatoms. The Morgan fingerprint density at radius 3 is 2.45 bits per heavy atom. The lowest BCUT2D eigenvalue weighted by Crippen LogP contribution is -2.06. The second-order valence-electron chi connectivity index (χ2n) is 4.77. The summed E-state index contributed by atoms with van der Waals surface area (Å²) in [5.74, 6) is 0.281. The normalized spacial score (nSPS) is 12.3. The molecule has 0 bridgehead atoms. The number of benzene rings is 2. The van der Waals surface area contributed by atoms with Crippen molar-refractivity contribution in [3.63, 3.8) is 0 Å². The van der Waals surface area contributed by atoms with Gasteiger partial charge in [-0.25, -0.2) is 4.39 Å². The van der Waals surface area contributed by atoms with Crippen LogP contribution in [0.4, 0.5) is 4.39 Å². The van der Waals surface area contributed by atoms with Gasteiger partial charge in [-0.15, -0.1) is 0 Å². The summed E-state index contributed by atoms with van der Waals surface area (Å²) < 4.78 is 20.0. The lowest BCUT2D eigenvalue weighted by atomic mass is 9.95. The van der Waals surface area contributed by atoms with E-state index in [1.165, 1.54) is 6.07 Å². The largest absolute Gasteiger partial charge is 0.496 e. The van der Waals surface area contributed by atoms with Gasteiger partial charge in [-0.3, -0.25) is 0 Å². The van der Waals surface area contributed by atoms with E-state index in [1.807, 2.05) is 13.0 Å². The molecule has 0 spiro atoms. The number of rotatable bonds is 3. The first kappa shape index (κ1) is 15.0. The maximum absolute atomic E-state index is 14.1. The molecule has 0 aliphatic carbocycles. The van der Waals surface area contributed by atoms with Gasteiger partial charge in [0.15, 0.2) is 0 Å². The number of hydrogen-bond acceptors (Lipinski definition) is 2. The molecular weight excluding hydrogens is 323 g/mol. The van der Waals surface area contributed by atoms with Crippen LogP contribution in [0.3, 0.4) is 0 Å². The second kappa shape index (κ2) is 5.94. The zero-order chi connectivity index (χ0) is 14.9. The average Bonchev–Trinajstić information content (AvgIpc) is 2.37. The number of methoxy groups -OCH3 is 1. The molecule has 1 unspecified atom stereocenters. The minimum Gasteiger partial charge on any atom is -0.496 e. The fourth-order valence-electron chi connectivity index (χ4n) is 2.29. The predicted octanol–water partition coefficient (Wildman–Crippen LogP) is 4.30. The first-order valence-electron chi connectivity index (χ1n) is 6.22. The van der Waals surface area contributed by atoms with Gasteiger partial charge in [0.25, 0.3) is 0 Å². The third kappa shape index (κ3) is 2.86. The Morgan fingerprint density at radius 2 is 1.90 bits per heavy atom.